The van der Waals surface area contributed by atoms with Gasteiger partial charge in [0.1, 0.15) is 11.5 Å². The summed E-state index contributed by atoms with van der Waals surface area (Å²) in [5.74, 6) is 2.72. The summed E-state index contributed by atoms with van der Waals surface area (Å²) >= 11 is 1.74. The third-order valence-electron chi connectivity index (χ3n) is 3.87. The van der Waals surface area contributed by atoms with Crippen molar-refractivity contribution < 1.29 is 9.47 Å². The third kappa shape index (κ3) is 3.99. The average molecular weight is 354 g/mol. The topological polar surface area (TPSA) is 47.1 Å². The van der Waals surface area contributed by atoms with E-state index in [0.29, 0.717) is 0 Å². The molecule has 1 heterocycles. The van der Waals surface area contributed by atoms with Crippen molar-refractivity contribution in [1.29, 1.82) is 0 Å². The zero-order valence-electron chi connectivity index (χ0n) is 14.7. The highest BCUT2D eigenvalue weighted by molar-refractivity contribution is 7.99. The Labute approximate surface area is 152 Å². The largest absolute Gasteiger partial charge is 0.497 e. The number of hydrogen-bond donors (Lipinski definition) is 1. The number of hydrogen-bond acceptors (Lipinski definition) is 4. The molecule has 0 radical (unpaired) electrons. The van der Waals surface area contributed by atoms with Crippen LogP contribution in [0, 0.1) is 0 Å². The van der Waals surface area contributed by atoms with E-state index in [1.165, 1.54) is 0 Å². The quantitative estimate of drug-likeness (QED) is 0.588. The molecule has 0 aliphatic rings. The Balaban J connectivity index is 2.02. The van der Waals surface area contributed by atoms with Crippen LogP contribution in [0.2, 0.25) is 0 Å². The number of ether oxygens (including phenoxy) is 2. The first kappa shape index (κ1) is 17.4. The van der Waals surface area contributed by atoms with E-state index < -0.39 is 0 Å². The van der Waals surface area contributed by atoms with Crippen molar-refractivity contribution in [2.75, 3.05) is 20.0 Å². The van der Waals surface area contributed by atoms with Crippen LogP contribution < -0.4 is 9.47 Å². The first-order valence-electron chi connectivity index (χ1n) is 8.26. The summed E-state index contributed by atoms with van der Waals surface area (Å²) in [5.41, 5.74) is 4.12. The number of aromatic amines is 1. The molecule has 0 unspecified atom stereocenters. The van der Waals surface area contributed by atoms with Gasteiger partial charge in [0.2, 0.25) is 0 Å². The Morgan fingerprint density at radius 2 is 1.44 bits per heavy atom. The maximum Gasteiger partial charge on any atom is 0.166 e. The highest BCUT2D eigenvalue weighted by atomic mass is 32.2. The van der Waals surface area contributed by atoms with E-state index in [2.05, 4.69) is 11.9 Å². The lowest BCUT2D eigenvalue weighted by Crippen LogP contribution is -1.87. The Hall–Kier alpha value is -2.40. The van der Waals surface area contributed by atoms with Crippen LogP contribution in [-0.4, -0.2) is 29.9 Å². The fourth-order valence-corrected chi connectivity index (χ4v) is 3.27. The van der Waals surface area contributed by atoms with Crippen molar-refractivity contribution in [1.82, 2.24) is 9.97 Å². The monoisotopic (exact) mass is 354 g/mol. The maximum atomic E-state index is 5.26. The highest BCUT2D eigenvalue weighted by Crippen LogP contribution is 2.34. The number of benzene rings is 2. The molecule has 0 aliphatic heterocycles. The molecule has 0 bridgehead atoms. The van der Waals surface area contributed by atoms with Gasteiger partial charge in [0, 0.05) is 16.9 Å². The first-order valence-corrected chi connectivity index (χ1v) is 9.25. The minimum absolute atomic E-state index is 0.839. The summed E-state index contributed by atoms with van der Waals surface area (Å²) in [7, 11) is 3.35. The Morgan fingerprint density at radius 3 is 1.96 bits per heavy atom. The molecule has 3 rings (SSSR count). The van der Waals surface area contributed by atoms with Crippen molar-refractivity contribution >= 4 is 11.8 Å². The molecule has 130 valence electrons. The summed E-state index contributed by atoms with van der Waals surface area (Å²) in [6, 6.07) is 16.0. The minimum Gasteiger partial charge on any atom is -0.497 e. The molecule has 0 aliphatic carbocycles. The molecule has 3 aromatic rings. The van der Waals surface area contributed by atoms with E-state index in [1.807, 2.05) is 48.5 Å². The van der Waals surface area contributed by atoms with E-state index in [9.17, 15) is 0 Å². The van der Waals surface area contributed by atoms with Gasteiger partial charge in [-0.05, 0) is 55.0 Å². The van der Waals surface area contributed by atoms with Crippen LogP contribution in [0.4, 0.5) is 0 Å². The fourth-order valence-electron chi connectivity index (χ4n) is 2.54. The van der Waals surface area contributed by atoms with Crippen LogP contribution in [0.5, 0.6) is 11.5 Å². The minimum atomic E-state index is 0.839. The lowest BCUT2D eigenvalue weighted by Gasteiger charge is -2.06. The van der Waals surface area contributed by atoms with Gasteiger partial charge in [-0.15, -0.1) is 0 Å². The second-order valence-corrected chi connectivity index (χ2v) is 6.65. The van der Waals surface area contributed by atoms with Gasteiger partial charge in [-0.25, -0.2) is 4.98 Å². The van der Waals surface area contributed by atoms with Crippen LogP contribution in [-0.2, 0) is 0 Å². The summed E-state index contributed by atoms with van der Waals surface area (Å²) in [6.45, 7) is 2.17. The van der Waals surface area contributed by atoms with Gasteiger partial charge >= 0.3 is 0 Å². The number of aromatic nitrogens is 2. The third-order valence-corrected chi connectivity index (χ3v) is 4.95. The molecule has 5 heteroatoms. The zero-order valence-corrected chi connectivity index (χ0v) is 15.5. The molecule has 25 heavy (non-hydrogen) atoms. The van der Waals surface area contributed by atoms with Gasteiger partial charge in [-0.1, -0.05) is 18.7 Å². The second-order valence-electron chi connectivity index (χ2n) is 5.57. The molecule has 0 amide bonds. The van der Waals surface area contributed by atoms with Crippen molar-refractivity contribution in [2.45, 2.75) is 18.5 Å². The van der Waals surface area contributed by atoms with Crippen molar-refractivity contribution in [3.63, 3.8) is 0 Å². The lowest BCUT2D eigenvalue weighted by molar-refractivity contribution is 0.414. The molecule has 0 atom stereocenters. The number of methoxy groups -OCH3 is 2. The summed E-state index contributed by atoms with van der Waals surface area (Å²) < 4.78 is 10.5. The van der Waals surface area contributed by atoms with E-state index in [4.69, 9.17) is 14.5 Å². The number of thioether (sulfide) groups is 1. The van der Waals surface area contributed by atoms with Gasteiger partial charge in [-0.3, -0.25) is 0 Å². The van der Waals surface area contributed by atoms with E-state index in [-0.39, 0.29) is 0 Å². The van der Waals surface area contributed by atoms with E-state index >= 15 is 0 Å². The van der Waals surface area contributed by atoms with Crippen LogP contribution in [0.15, 0.2) is 53.7 Å². The molecule has 1 N–H and O–H groups in total. The number of imidazole rings is 1. The van der Waals surface area contributed by atoms with Crippen molar-refractivity contribution in [2.24, 2.45) is 0 Å². The smallest absolute Gasteiger partial charge is 0.166 e. The molecule has 4 nitrogen and oxygen atoms in total. The zero-order chi connectivity index (χ0) is 17.6. The van der Waals surface area contributed by atoms with Crippen LogP contribution in [0.1, 0.15) is 13.3 Å². The predicted octanol–water partition coefficient (Wildman–Crippen LogP) is 5.26. The number of rotatable bonds is 7. The van der Waals surface area contributed by atoms with Crippen LogP contribution in [0.25, 0.3) is 22.5 Å². The second kappa shape index (κ2) is 8.12. The standard InChI is InChI=1S/C20H22N2O2S/c1-4-13-25-20-21-18(14-5-9-16(23-2)10-6-14)19(22-20)15-7-11-17(24-3)12-8-15/h5-12H,4,13H2,1-3H3,(H,21,22). The molecule has 0 saturated heterocycles. The van der Waals surface area contributed by atoms with Gasteiger partial charge in [-0.2, -0.15) is 0 Å². The molecule has 2 aromatic carbocycles. The van der Waals surface area contributed by atoms with E-state index in [0.717, 1.165) is 51.3 Å². The molecule has 1 aromatic heterocycles. The van der Waals surface area contributed by atoms with E-state index in [1.54, 1.807) is 26.0 Å². The van der Waals surface area contributed by atoms with Gasteiger partial charge in [0.05, 0.1) is 25.6 Å². The molecule has 0 spiro atoms. The normalized spacial score (nSPS) is 10.7. The summed E-state index contributed by atoms with van der Waals surface area (Å²) in [4.78, 5) is 8.30. The Kier molecular flexibility index (Phi) is 5.66. The Morgan fingerprint density at radius 1 is 0.880 bits per heavy atom. The maximum absolute atomic E-state index is 5.26. The van der Waals surface area contributed by atoms with Gasteiger partial charge in [0.15, 0.2) is 5.16 Å². The number of H-pyrrole nitrogens is 1. The molecular weight excluding hydrogens is 332 g/mol. The predicted molar refractivity (Wildman–Crippen MR) is 104 cm³/mol. The molecule has 0 saturated carbocycles. The lowest BCUT2D eigenvalue weighted by atomic mass is 10.0. The van der Waals surface area contributed by atoms with Gasteiger partial charge in [0.25, 0.3) is 0 Å². The first-order chi connectivity index (χ1) is 12.2. The number of nitrogens with zero attached hydrogens (tertiary/aromatic N) is 1. The molecule has 0 fully saturated rings. The summed E-state index contributed by atoms with van der Waals surface area (Å²) in [5, 5.41) is 0.943. The summed E-state index contributed by atoms with van der Waals surface area (Å²) in [6.07, 6.45) is 1.11. The average Bonchev–Trinajstić information content (AvgIpc) is 3.10. The fraction of sp³-hybridized carbons (Fsp3) is 0.250. The highest BCUT2D eigenvalue weighted by Gasteiger charge is 2.14. The van der Waals surface area contributed by atoms with Crippen LogP contribution >= 0.6 is 11.8 Å². The SMILES string of the molecule is CCCSc1nc(-c2ccc(OC)cc2)c(-c2ccc(OC)cc2)[nH]1. The van der Waals surface area contributed by atoms with Crippen molar-refractivity contribution in [3.05, 3.63) is 48.5 Å². The van der Waals surface area contributed by atoms with Gasteiger partial charge < -0.3 is 14.5 Å². The molecular formula is C20H22N2O2S. The van der Waals surface area contributed by atoms with Crippen molar-refractivity contribution in [3.8, 4) is 34.0 Å². The Bertz CT molecular complexity index is 746. The number of nitrogens with one attached hydrogen (secondary N) is 1. The van der Waals surface area contributed by atoms with Crippen LogP contribution in [0.3, 0.4) is 0 Å².